The van der Waals surface area contributed by atoms with Gasteiger partial charge in [-0.1, -0.05) is 42.5 Å². The standard InChI is InChI=1S/C22H18O2/c1-24-20-11-10-17-12-15(6-7-18(17)14-20)13-19-9-8-16-4-2-3-5-21(16)22(19)23/h2-7,10-14H,8-9H2,1H3/b19-13+. The first-order chi connectivity index (χ1) is 11.7. The first-order valence-corrected chi connectivity index (χ1v) is 8.15. The average Bonchev–Trinajstić information content (AvgIpc) is 2.64. The number of rotatable bonds is 2. The zero-order valence-electron chi connectivity index (χ0n) is 13.6. The van der Waals surface area contributed by atoms with Gasteiger partial charge in [0.15, 0.2) is 5.78 Å². The van der Waals surface area contributed by atoms with E-state index in [4.69, 9.17) is 4.74 Å². The molecule has 0 saturated heterocycles. The first-order valence-electron chi connectivity index (χ1n) is 8.15. The molecule has 1 aliphatic carbocycles. The second kappa shape index (κ2) is 5.97. The number of Topliss-reactive ketones (excluding diaryl/α,β-unsaturated/α-hetero) is 1. The molecule has 0 unspecified atom stereocenters. The number of allylic oxidation sites excluding steroid dienone is 1. The van der Waals surface area contributed by atoms with Gasteiger partial charge in [-0.25, -0.2) is 0 Å². The first kappa shape index (κ1) is 14.7. The minimum Gasteiger partial charge on any atom is -0.497 e. The molecule has 1 aliphatic rings. The van der Waals surface area contributed by atoms with Gasteiger partial charge in [0.2, 0.25) is 0 Å². The second-order valence-corrected chi connectivity index (χ2v) is 6.13. The lowest BCUT2D eigenvalue weighted by Gasteiger charge is -2.17. The molecule has 0 radical (unpaired) electrons. The highest BCUT2D eigenvalue weighted by molar-refractivity contribution is 6.13. The third-order valence-corrected chi connectivity index (χ3v) is 4.63. The SMILES string of the molecule is COc1ccc2cc(/C=C3\CCc4ccccc4C3=O)ccc2c1. The summed E-state index contributed by atoms with van der Waals surface area (Å²) in [5, 5.41) is 2.28. The molecule has 4 rings (SSSR count). The second-order valence-electron chi connectivity index (χ2n) is 6.13. The topological polar surface area (TPSA) is 26.3 Å². The maximum absolute atomic E-state index is 12.7. The van der Waals surface area contributed by atoms with Crippen LogP contribution in [0.25, 0.3) is 16.8 Å². The van der Waals surface area contributed by atoms with Crippen molar-refractivity contribution in [3.63, 3.8) is 0 Å². The van der Waals surface area contributed by atoms with Crippen molar-refractivity contribution in [3.8, 4) is 5.75 Å². The van der Waals surface area contributed by atoms with E-state index in [2.05, 4.69) is 18.2 Å². The quantitative estimate of drug-likeness (QED) is 0.618. The Bertz CT molecular complexity index is 967. The summed E-state index contributed by atoms with van der Waals surface area (Å²) in [4.78, 5) is 12.7. The number of fused-ring (bicyclic) bond motifs is 2. The number of methoxy groups -OCH3 is 1. The molecule has 118 valence electrons. The van der Waals surface area contributed by atoms with E-state index in [1.165, 1.54) is 0 Å². The summed E-state index contributed by atoms with van der Waals surface area (Å²) < 4.78 is 5.26. The highest BCUT2D eigenvalue weighted by atomic mass is 16.5. The Balaban J connectivity index is 1.71. The van der Waals surface area contributed by atoms with E-state index in [0.717, 1.165) is 51.6 Å². The molecular weight excluding hydrogens is 296 g/mol. The van der Waals surface area contributed by atoms with Crippen molar-refractivity contribution < 1.29 is 9.53 Å². The van der Waals surface area contributed by atoms with Crippen LogP contribution in [0.3, 0.4) is 0 Å². The van der Waals surface area contributed by atoms with Gasteiger partial charge in [-0.15, -0.1) is 0 Å². The van der Waals surface area contributed by atoms with Gasteiger partial charge in [-0.05, 0) is 59.0 Å². The number of hydrogen-bond acceptors (Lipinski definition) is 2. The van der Waals surface area contributed by atoms with Crippen LogP contribution in [0.15, 0.2) is 66.2 Å². The van der Waals surface area contributed by atoms with Crippen molar-refractivity contribution in [2.75, 3.05) is 7.11 Å². The fourth-order valence-corrected chi connectivity index (χ4v) is 3.31. The Morgan fingerprint density at radius 3 is 2.58 bits per heavy atom. The number of benzene rings is 3. The number of ketones is 1. The van der Waals surface area contributed by atoms with Crippen LogP contribution in [-0.4, -0.2) is 12.9 Å². The van der Waals surface area contributed by atoms with Crippen molar-refractivity contribution in [3.05, 3.63) is 82.9 Å². The zero-order valence-corrected chi connectivity index (χ0v) is 13.6. The fraction of sp³-hybridized carbons (Fsp3) is 0.136. The summed E-state index contributed by atoms with van der Waals surface area (Å²) in [6.45, 7) is 0. The van der Waals surface area contributed by atoms with Crippen molar-refractivity contribution in [1.29, 1.82) is 0 Å². The van der Waals surface area contributed by atoms with Crippen LogP contribution < -0.4 is 4.74 Å². The molecule has 3 aromatic carbocycles. The Hall–Kier alpha value is -2.87. The molecule has 0 atom stereocenters. The predicted molar refractivity (Wildman–Crippen MR) is 97.6 cm³/mol. The minimum absolute atomic E-state index is 0.159. The van der Waals surface area contributed by atoms with Crippen LogP contribution in [0.1, 0.15) is 27.9 Å². The van der Waals surface area contributed by atoms with Gasteiger partial charge in [-0.2, -0.15) is 0 Å². The predicted octanol–water partition coefficient (Wildman–Crippen LogP) is 5.06. The Labute approximate surface area is 141 Å². The van der Waals surface area contributed by atoms with E-state index >= 15 is 0 Å². The minimum atomic E-state index is 0.159. The summed E-state index contributed by atoms with van der Waals surface area (Å²) in [5.74, 6) is 1.01. The number of ether oxygens (including phenoxy) is 1. The van der Waals surface area contributed by atoms with Gasteiger partial charge in [0.25, 0.3) is 0 Å². The summed E-state index contributed by atoms with van der Waals surface area (Å²) in [6.07, 6.45) is 3.76. The largest absolute Gasteiger partial charge is 0.497 e. The molecule has 0 amide bonds. The van der Waals surface area contributed by atoms with Crippen LogP contribution in [0.4, 0.5) is 0 Å². The van der Waals surface area contributed by atoms with Gasteiger partial charge < -0.3 is 4.74 Å². The Morgan fingerprint density at radius 1 is 0.917 bits per heavy atom. The van der Waals surface area contributed by atoms with Crippen LogP contribution >= 0.6 is 0 Å². The van der Waals surface area contributed by atoms with Crippen LogP contribution in [0.2, 0.25) is 0 Å². The smallest absolute Gasteiger partial charge is 0.189 e. The molecule has 0 fully saturated rings. The molecule has 2 heteroatoms. The highest BCUT2D eigenvalue weighted by Crippen LogP contribution is 2.28. The van der Waals surface area contributed by atoms with Gasteiger partial charge >= 0.3 is 0 Å². The maximum atomic E-state index is 12.7. The molecule has 0 bridgehead atoms. The average molecular weight is 314 g/mol. The van der Waals surface area contributed by atoms with Crippen LogP contribution in [-0.2, 0) is 6.42 Å². The van der Waals surface area contributed by atoms with Crippen molar-refractivity contribution >= 4 is 22.6 Å². The molecule has 0 spiro atoms. The maximum Gasteiger partial charge on any atom is 0.189 e. The molecule has 0 heterocycles. The van der Waals surface area contributed by atoms with Crippen molar-refractivity contribution in [2.45, 2.75) is 12.8 Å². The summed E-state index contributed by atoms with van der Waals surface area (Å²) in [5.41, 5.74) is 3.96. The van der Waals surface area contributed by atoms with Crippen molar-refractivity contribution in [2.24, 2.45) is 0 Å². The molecule has 24 heavy (non-hydrogen) atoms. The zero-order chi connectivity index (χ0) is 16.5. The molecular formula is C22H18O2. The molecule has 0 aliphatic heterocycles. The number of aryl methyl sites for hydroxylation is 1. The Morgan fingerprint density at radius 2 is 1.71 bits per heavy atom. The lowest BCUT2D eigenvalue weighted by molar-refractivity contribution is 0.102. The lowest BCUT2D eigenvalue weighted by atomic mass is 9.86. The van der Waals surface area contributed by atoms with Gasteiger partial charge in [-0.3, -0.25) is 4.79 Å². The molecule has 3 aromatic rings. The number of carbonyl (C=O) groups excluding carboxylic acids is 1. The van der Waals surface area contributed by atoms with Crippen LogP contribution in [0.5, 0.6) is 5.75 Å². The summed E-state index contributed by atoms with van der Waals surface area (Å²) >= 11 is 0. The van der Waals surface area contributed by atoms with Gasteiger partial charge in [0.1, 0.15) is 5.75 Å². The summed E-state index contributed by atoms with van der Waals surface area (Å²) in [7, 11) is 1.67. The Kier molecular flexibility index (Phi) is 3.66. The molecule has 2 nitrogen and oxygen atoms in total. The summed E-state index contributed by atoms with van der Waals surface area (Å²) in [6, 6.07) is 20.2. The van der Waals surface area contributed by atoms with E-state index in [9.17, 15) is 4.79 Å². The highest BCUT2D eigenvalue weighted by Gasteiger charge is 2.21. The van der Waals surface area contributed by atoms with E-state index in [1.807, 2.05) is 48.5 Å². The lowest BCUT2D eigenvalue weighted by Crippen LogP contribution is -2.13. The number of hydrogen-bond donors (Lipinski definition) is 0. The van der Waals surface area contributed by atoms with E-state index in [-0.39, 0.29) is 5.78 Å². The van der Waals surface area contributed by atoms with E-state index in [0.29, 0.717) is 0 Å². The molecule has 0 N–H and O–H groups in total. The van der Waals surface area contributed by atoms with E-state index < -0.39 is 0 Å². The van der Waals surface area contributed by atoms with Crippen molar-refractivity contribution in [1.82, 2.24) is 0 Å². The van der Waals surface area contributed by atoms with Gasteiger partial charge in [0.05, 0.1) is 7.11 Å². The normalized spacial score (nSPS) is 15.5. The number of carbonyl (C=O) groups is 1. The monoisotopic (exact) mass is 314 g/mol. The third kappa shape index (κ3) is 2.61. The van der Waals surface area contributed by atoms with E-state index in [1.54, 1.807) is 7.11 Å². The molecule has 0 saturated carbocycles. The molecule has 0 aromatic heterocycles. The third-order valence-electron chi connectivity index (χ3n) is 4.63. The fourth-order valence-electron chi connectivity index (χ4n) is 3.31. The van der Waals surface area contributed by atoms with Gasteiger partial charge in [0, 0.05) is 11.1 Å². The van der Waals surface area contributed by atoms with Crippen LogP contribution in [0, 0.1) is 0 Å².